The number of carbonyl (C=O) groups excluding carboxylic acids is 2. The highest BCUT2D eigenvalue weighted by atomic mass is 32.1. The maximum absolute atomic E-state index is 12.7. The lowest BCUT2D eigenvalue weighted by atomic mass is 10.2. The molecule has 0 bridgehead atoms. The molecule has 0 fully saturated rings. The Hall–Kier alpha value is -2.71. The molecule has 0 unspecified atom stereocenters. The van der Waals surface area contributed by atoms with Crippen LogP contribution in [0.5, 0.6) is 0 Å². The first-order valence-electron chi connectivity index (χ1n) is 8.65. The molecule has 1 N–H and O–H groups in total. The van der Waals surface area contributed by atoms with Gasteiger partial charge in [-0.15, -0.1) is 0 Å². The van der Waals surface area contributed by atoms with Crippen molar-refractivity contribution in [1.29, 1.82) is 0 Å². The van der Waals surface area contributed by atoms with Crippen LogP contribution in [0.25, 0.3) is 10.2 Å². The van der Waals surface area contributed by atoms with E-state index in [2.05, 4.69) is 10.3 Å². The molecule has 3 aromatic rings. The summed E-state index contributed by atoms with van der Waals surface area (Å²) < 4.78 is 11.2. The van der Waals surface area contributed by atoms with Crippen molar-refractivity contribution in [1.82, 2.24) is 10.3 Å². The van der Waals surface area contributed by atoms with Crippen molar-refractivity contribution in [3.05, 3.63) is 48.4 Å². The van der Waals surface area contributed by atoms with Gasteiger partial charge in [0.1, 0.15) is 0 Å². The van der Waals surface area contributed by atoms with Crippen molar-refractivity contribution < 1.29 is 18.7 Å². The van der Waals surface area contributed by atoms with Crippen molar-refractivity contribution in [2.24, 2.45) is 0 Å². The zero-order chi connectivity index (χ0) is 19.1. The van der Waals surface area contributed by atoms with Crippen LogP contribution in [0, 0.1) is 0 Å². The van der Waals surface area contributed by atoms with Gasteiger partial charge in [0.2, 0.25) is 5.91 Å². The van der Waals surface area contributed by atoms with E-state index in [0.717, 1.165) is 10.2 Å². The minimum Gasteiger partial charge on any atom is -0.459 e. The Bertz CT molecular complexity index is 858. The molecule has 2 heterocycles. The van der Waals surface area contributed by atoms with Crippen LogP contribution in [-0.4, -0.2) is 43.6 Å². The highest BCUT2D eigenvalue weighted by molar-refractivity contribution is 7.22. The fraction of sp³-hybridized carbons (Fsp3) is 0.316. The van der Waals surface area contributed by atoms with Crippen molar-refractivity contribution in [3.63, 3.8) is 0 Å². The van der Waals surface area contributed by atoms with Gasteiger partial charge in [-0.1, -0.05) is 23.5 Å². The maximum atomic E-state index is 12.7. The summed E-state index contributed by atoms with van der Waals surface area (Å²) in [7, 11) is 1.60. The van der Waals surface area contributed by atoms with Gasteiger partial charge in [0.25, 0.3) is 5.91 Å². The SMILES string of the molecule is COCCN(C(=O)CCCNC(=O)c1ccco1)c1nc2ccccc2s1. The van der Waals surface area contributed by atoms with E-state index >= 15 is 0 Å². The van der Waals surface area contributed by atoms with Gasteiger partial charge >= 0.3 is 0 Å². The largest absolute Gasteiger partial charge is 0.459 e. The predicted octanol–water partition coefficient (Wildman–Crippen LogP) is 3.08. The molecule has 0 aliphatic carbocycles. The lowest BCUT2D eigenvalue weighted by Crippen LogP contribution is -2.34. The normalized spacial score (nSPS) is 10.9. The number of carbonyl (C=O) groups is 2. The molecule has 0 aliphatic heterocycles. The highest BCUT2D eigenvalue weighted by Gasteiger charge is 2.19. The first-order valence-corrected chi connectivity index (χ1v) is 9.47. The number of furan rings is 1. The second-order valence-corrected chi connectivity index (χ2v) is 6.85. The number of nitrogens with zero attached hydrogens (tertiary/aromatic N) is 2. The molecule has 0 saturated carbocycles. The van der Waals surface area contributed by atoms with Crippen LogP contribution in [-0.2, 0) is 9.53 Å². The van der Waals surface area contributed by atoms with Gasteiger partial charge in [0.05, 0.1) is 29.6 Å². The Balaban J connectivity index is 1.57. The van der Waals surface area contributed by atoms with Gasteiger partial charge < -0.3 is 14.5 Å². The van der Waals surface area contributed by atoms with Crippen LogP contribution >= 0.6 is 11.3 Å². The molecular weight excluding hydrogens is 366 g/mol. The lowest BCUT2D eigenvalue weighted by molar-refractivity contribution is -0.118. The molecule has 142 valence electrons. The van der Waals surface area contributed by atoms with E-state index in [4.69, 9.17) is 9.15 Å². The number of amides is 2. The van der Waals surface area contributed by atoms with Crippen LogP contribution in [0.4, 0.5) is 5.13 Å². The molecule has 3 rings (SSSR count). The molecule has 0 spiro atoms. The number of anilines is 1. The summed E-state index contributed by atoms with van der Waals surface area (Å²) in [6.07, 6.45) is 2.28. The first-order chi connectivity index (χ1) is 13.2. The van der Waals surface area contributed by atoms with Gasteiger partial charge in [0, 0.05) is 20.1 Å². The lowest BCUT2D eigenvalue weighted by Gasteiger charge is -2.19. The highest BCUT2D eigenvalue weighted by Crippen LogP contribution is 2.29. The average molecular weight is 387 g/mol. The summed E-state index contributed by atoms with van der Waals surface area (Å²) in [5.41, 5.74) is 0.874. The number of hydrogen-bond donors (Lipinski definition) is 1. The van der Waals surface area contributed by atoms with E-state index in [9.17, 15) is 9.59 Å². The topological polar surface area (TPSA) is 84.7 Å². The van der Waals surface area contributed by atoms with Crippen LogP contribution in [0.15, 0.2) is 47.1 Å². The molecule has 0 radical (unpaired) electrons. The fourth-order valence-corrected chi connectivity index (χ4v) is 3.57. The number of benzene rings is 1. The molecule has 2 amide bonds. The second-order valence-electron chi connectivity index (χ2n) is 5.84. The zero-order valence-corrected chi connectivity index (χ0v) is 15.8. The van der Waals surface area contributed by atoms with Crippen LogP contribution < -0.4 is 10.2 Å². The summed E-state index contributed by atoms with van der Waals surface area (Å²) in [6.45, 7) is 1.26. The van der Waals surface area contributed by atoms with Crippen molar-refractivity contribution >= 4 is 38.5 Å². The van der Waals surface area contributed by atoms with E-state index in [0.29, 0.717) is 37.7 Å². The van der Waals surface area contributed by atoms with E-state index in [1.165, 1.54) is 17.6 Å². The van der Waals surface area contributed by atoms with Crippen LogP contribution in [0.1, 0.15) is 23.4 Å². The quantitative estimate of drug-likeness (QED) is 0.571. The second kappa shape index (κ2) is 9.29. The van der Waals surface area contributed by atoms with E-state index in [-0.39, 0.29) is 17.6 Å². The summed E-state index contributed by atoms with van der Waals surface area (Å²) >= 11 is 1.48. The number of nitrogens with one attached hydrogen (secondary N) is 1. The van der Waals surface area contributed by atoms with Crippen LogP contribution in [0.3, 0.4) is 0 Å². The fourth-order valence-electron chi connectivity index (χ4n) is 2.56. The number of ether oxygens (including phenoxy) is 1. The summed E-state index contributed by atoms with van der Waals surface area (Å²) in [5.74, 6) is -0.0641. The van der Waals surface area contributed by atoms with Crippen molar-refractivity contribution in [2.45, 2.75) is 12.8 Å². The third-order valence-electron chi connectivity index (χ3n) is 3.93. The van der Waals surface area contributed by atoms with E-state index in [1.54, 1.807) is 24.1 Å². The number of hydrogen-bond acceptors (Lipinski definition) is 6. The molecule has 0 saturated heterocycles. The summed E-state index contributed by atoms with van der Waals surface area (Å²) in [5, 5.41) is 3.41. The molecule has 8 heteroatoms. The Labute approximate surface area is 160 Å². The molecule has 1 aromatic carbocycles. The number of fused-ring (bicyclic) bond motifs is 1. The monoisotopic (exact) mass is 387 g/mol. The number of thiazole rings is 1. The Morgan fingerprint density at radius 1 is 1.26 bits per heavy atom. The minimum atomic E-state index is -0.283. The predicted molar refractivity (Wildman–Crippen MR) is 104 cm³/mol. The Morgan fingerprint density at radius 2 is 2.11 bits per heavy atom. The zero-order valence-electron chi connectivity index (χ0n) is 15.0. The molecule has 7 nitrogen and oxygen atoms in total. The molecule has 0 aliphatic rings. The smallest absolute Gasteiger partial charge is 0.286 e. The van der Waals surface area contributed by atoms with Crippen molar-refractivity contribution in [3.8, 4) is 0 Å². The minimum absolute atomic E-state index is 0.0432. The van der Waals surface area contributed by atoms with Crippen LogP contribution in [0.2, 0.25) is 0 Å². The third-order valence-corrected chi connectivity index (χ3v) is 4.99. The standard InChI is InChI=1S/C19H21N3O4S/c1-25-13-11-22(19-21-14-6-2-3-8-16(14)27-19)17(23)9-4-10-20-18(24)15-7-5-12-26-15/h2-3,5-8,12H,4,9-11,13H2,1H3,(H,20,24). The summed E-state index contributed by atoms with van der Waals surface area (Å²) in [4.78, 5) is 30.7. The molecule has 27 heavy (non-hydrogen) atoms. The average Bonchev–Trinajstić information content (AvgIpc) is 3.35. The van der Waals surface area contributed by atoms with Gasteiger partial charge in [-0.05, 0) is 30.7 Å². The van der Waals surface area contributed by atoms with Gasteiger partial charge in [-0.2, -0.15) is 0 Å². The Morgan fingerprint density at radius 3 is 2.85 bits per heavy atom. The van der Waals surface area contributed by atoms with E-state index < -0.39 is 0 Å². The molecule has 0 atom stereocenters. The third kappa shape index (κ3) is 4.93. The molecular formula is C19H21N3O4S. The molecule has 2 aromatic heterocycles. The number of rotatable bonds is 9. The maximum Gasteiger partial charge on any atom is 0.286 e. The Kier molecular flexibility index (Phi) is 6.56. The van der Waals surface area contributed by atoms with Crippen molar-refractivity contribution in [2.75, 3.05) is 31.7 Å². The van der Waals surface area contributed by atoms with Gasteiger partial charge in [0.15, 0.2) is 10.9 Å². The van der Waals surface area contributed by atoms with E-state index in [1.807, 2.05) is 24.3 Å². The first kappa shape index (κ1) is 19.1. The number of aromatic nitrogens is 1. The number of methoxy groups -OCH3 is 1. The van der Waals surface area contributed by atoms with Gasteiger partial charge in [-0.25, -0.2) is 4.98 Å². The number of para-hydroxylation sites is 1. The summed E-state index contributed by atoms with van der Waals surface area (Å²) in [6, 6.07) is 11.0. The van der Waals surface area contributed by atoms with Gasteiger partial charge in [-0.3, -0.25) is 14.5 Å².